The maximum absolute atomic E-state index is 11.2. The number of unbranched alkanes of at least 4 members (excludes halogenated alkanes) is 2. The number of rotatable bonds is 8. The normalized spacial score (nSPS) is 10.1. The summed E-state index contributed by atoms with van der Waals surface area (Å²) in [5.41, 5.74) is 0.316. The monoisotopic (exact) mass is 286 g/mol. The Morgan fingerprint density at radius 2 is 1.74 bits per heavy atom. The van der Waals surface area contributed by atoms with Crippen molar-refractivity contribution in [3.05, 3.63) is 17.7 Å². The molecule has 0 fully saturated rings. The fourth-order valence-electron chi connectivity index (χ4n) is 1.66. The molecule has 0 bridgehead atoms. The molecule has 0 radical (unpaired) electrons. The summed E-state index contributed by atoms with van der Waals surface area (Å²) in [6.07, 6.45) is 3.18. The van der Waals surface area contributed by atoms with Crippen LogP contribution < -0.4 is 14.2 Å². The van der Waals surface area contributed by atoms with Gasteiger partial charge in [0.15, 0.2) is 11.5 Å². The number of carbonyl (C=O) groups is 1. The summed E-state index contributed by atoms with van der Waals surface area (Å²) in [6.45, 7) is 2.71. The summed E-state index contributed by atoms with van der Waals surface area (Å²) in [7, 11) is 3.02. The zero-order valence-corrected chi connectivity index (χ0v) is 12.3. The van der Waals surface area contributed by atoms with E-state index < -0.39 is 5.24 Å². The van der Waals surface area contributed by atoms with Crippen molar-refractivity contribution >= 4 is 16.8 Å². The molecular formula is C14H19ClO4. The van der Waals surface area contributed by atoms with Crippen LogP contribution >= 0.6 is 11.6 Å². The van der Waals surface area contributed by atoms with Gasteiger partial charge in [-0.05, 0) is 30.2 Å². The third-order valence-electron chi connectivity index (χ3n) is 2.68. The third kappa shape index (κ3) is 4.31. The molecule has 5 heteroatoms. The lowest BCUT2D eigenvalue weighted by atomic mass is 10.2. The minimum Gasteiger partial charge on any atom is -0.493 e. The Labute approximate surface area is 118 Å². The molecule has 0 spiro atoms. The van der Waals surface area contributed by atoms with E-state index in [4.69, 9.17) is 25.8 Å². The van der Waals surface area contributed by atoms with Gasteiger partial charge in [0.1, 0.15) is 0 Å². The van der Waals surface area contributed by atoms with Crippen LogP contribution in [0.3, 0.4) is 0 Å². The maximum atomic E-state index is 11.2. The minimum absolute atomic E-state index is 0.316. The molecule has 0 aliphatic heterocycles. The van der Waals surface area contributed by atoms with Crippen molar-refractivity contribution in [2.75, 3.05) is 20.8 Å². The highest BCUT2D eigenvalue weighted by atomic mass is 35.5. The first-order valence-corrected chi connectivity index (χ1v) is 6.60. The molecule has 0 saturated carbocycles. The van der Waals surface area contributed by atoms with Crippen LogP contribution in [0.15, 0.2) is 12.1 Å². The van der Waals surface area contributed by atoms with Crippen molar-refractivity contribution in [1.29, 1.82) is 0 Å². The van der Waals surface area contributed by atoms with E-state index >= 15 is 0 Å². The summed E-state index contributed by atoms with van der Waals surface area (Å²) >= 11 is 5.47. The van der Waals surface area contributed by atoms with E-state index in [1.54, 1.807) is 12.1 Å². The number of ether oxygens (including phenoxy) is 3. The summed E-state index contributed by atoms with van der Waals surface area (Å²) in [6, 6.07) is 3.10. The fraction of sp³-hybridized carbons (Fsp3) is 0.500. The number of hydrogen-bond acceptors (Lipinski definition) is 4. The minimum atomic E-state index is -0.561. The molecule has 0 N–H and O–H groups in total. The zero-order valence-electron chi connectivity index (χ0n) is 11.5. The van der Waals surface area contributed by atoms with Crippen molar-refractivity contribution in [1.82, 2.24) is 0 Å². The Kier molecular flexibility index (Phi) is 6.50. The van der Waals surface area contributed by atoms with Crippen molar-refractivity contribution in [3.8, 4) is 17.2 Å². The molecule has 19 heavy (non-hydrogen) atoms. The quantitative estimate of drug-likeness (QED) is 0.540. The summed E-state index contributed by atoms with van der Waals surface area (Å²) < 4.78 is 16.1. The SMILES string of the molecule is CCCCCOc1c(OC)cc(C(=O)Cl)cc1OC. The lowest BCUT2D eigenvalue weighted by molar-refractivity contribution is 0.108. The van der Waals surface area contributed by atoms with Crippen LogP contribution in [0.1, 0.15) is 36.5 Å². The Balaban J connectivity index is 2.96. The van der Waals surface area contributed by atoms with Crippen molar-refractivity contribution < 1.29 is 19.0 Å². The van der Waals surface area contributed by atoms with Crippen LogP contribution in [0.4, 0.5) is 0 Å². The van der Waals surface area contributed by atoms with Crippen molar-refractivity contribution in [2.45, 2.75) is 26.2 Å². The number of halogens is 1. The van der Waals surface area contributed by atoms with Crippen LogP contribution in [-0.4, -0.2) is 26.1 Å². The van der Waals surface area contributed by atoms with Gasteiger partial charge in [-0.25, -0.2) is 0 Å². The highest BCUT2D eigenvalue weighted by Crippen LogP contribution is 2.39. The molecule has 0 atom stereocenters. The third-order valence-corrected chi connectivity index (χ3v) is 2.90. The Morgan fingerprint density at radius 1 is 1.16 bits per heavy atom. The average molecular weight is 287 g/mol. The first-order valence-electron chi connectivity index (χ1n) is 6.22. The van der Waals surface area contributed by atoms with Gasteiger partial charge in [-0.1, -0.05) is 19.8 Å². The van der Waals surface area contributed by atoms with Crippen LogP contribution in [0.2, 0.25) is 0 Å². The predicted octanol–water partition coefficient (Wildman–Crippen LogP) is 3.65. The standard InChI is InChI=1S/C14H19ClO4/c1-4-5-6-7-19-13-11(17-2)8-10(14(15)16)9-12(13)18-3/h8-9H,4-7H2,1-3H3. The lowest BCUT2D eigenvalue weighted by Gasteiger charge is -2.15. The number of carbonyl (C=O) groups excluding carboxylic acids is 1. The topological polar surface area (TPSA) is 44.8 Å². The molecular weight excluding hydrogens is 268 g/mol. The van der Waals surface area contributed by atoms with E-state index in [9.17, 15) is 4.79 Å². The smallest absolute Gasteiger partial charge is 0.252 e. The molecule has 0 unspecified atom stereocenters. The molecule has 1 aromatic carbocycles. The van der Waals surface area contributed by atoms with Gasteiger partial charge in [-0.2, -0.15) is 0 Å². The van der Waals surface area contributed by atoms with E-state index in [1.165, 1.54) is 14.2 Å². The van der Waals surface area contributed by atoms with E-state index in [1.807, 2.05) is 0 Å². The largest absolute Gasteiger partial charge is 0.493 e. The Bertz CT molecular complexity index is 406. The van der Waals surface area contributed by atoms with Gasteiger partial charge in [0.25, 0.3) is 5.24 Å². The summed E-state index contributed by atoms with van der Waals surface area (Å²) in [5.74, 6) is 1.39. The molecule has 4 nitrogen and oxygen atoms in total. The van der Waals surface area contributed by atoms with E-state index in [-0.39, 0.29) is 0 Å². The van der Waals surface area contributed by atoms with E-state index in [0.717, 1.165) is 19.3 Å². The van der Waals surface area contributed by atoms with Gasteiger partial charge in [0.05, 0.1) is 20.8 Å². The predicted molar refractivity (Wildman–Crippen MR) is 74.7 cm³/mol. The number of methoxy groups -OCH3 is 2. The second kappa shape index (κ2) is 7.89. The van der Waals surface area contributed by atoms with Crippen LogP contribution in [0.25, 0.3) is 0 Å². The molecule has 0 heterocycles. The van der Waals surface area contributed by atoms with Crippen molar-refractivity contribution in [2.24, 2.45) is 0 Å². The van der Waals surface area contributed by atoms with Gasteiger partial charge in [0, 0.05) is 5.56 Å². The molecule has 0 saturated heterocycles. The lowest BCUT2D eigenvalue weighted by Crippen LogP contribution is -2.03. The van der Waals surface area contributed by atoms with E-state index in [2.05, 4.69) is 6.92 Å². The molecule has 0 aromatic heterocycles. The molecule has 0 aliphatic rings. The van der Waals surface area contributed by atoms with Gasteiger partial charge in [0.2, 0.25) is 5.75 Å². The molecule has 106 valence electrons. The van der Waals surface area contributed by atoms with Crippen LogP contribution in [0, 0.1) is 0 Å². The van der Waals surface area contributed by atoms with Gasteiger partial charge in [-0.3, -0.25) is 4.79 Å². The van der Waals surface area contributed by atoms with Crippen molar-refractivity contribution in [3.63, 3.8) is 0 Å². The van der Waals surface area contributed by atoms with Gasteiger partial charge < -0.3 is 14.2 Å². The second-order valence-electron chi connectivity index (χ2n) is 4.04. The van der Waals surface area contributed by atoms with Crippen LogP contribution in [0.5, 0.6) is 17.2 Å². The van der Waals surface area contributed by atoms with E-state index in [0.29, 0.717) is 29.4 Å². The second-order valence-corrected chi connectivity index (χ2v) is 4.38. The molecule has 1 rings (SSSR count). The van der Waals surface area contributed by atoms with Gasteiger partial charge >= 0.3 is 0 Å². The number of hydrogen-bond donors (Lipinski definition) is 0. The first-order chi connectivity index (χ1) is 9.13. The Morgan fingerprint density at radius 3 is 2.16 bits per heavy atom. The number of benzene rings is 1. The Hall–Kier alpha value is -1.42. The first kappa shape index (κ1) is 15.6. The maximum Gasteiger partial charge on any atom is 0.252 e. The average Bonchev–Trinajstić information content (AvgIpc) is 2.42. The van der Waals surface area contributed by atoms with Gasteiger partial charge in [-0.15, -0.1) is 0 Å². The summed E-state index contributed by atoms with van der Waals surface area (Å²) in [5, 5.41) is -0.561. The summed E-state index contributed by atoms with van der Waals surface area (Å²) in [4.78, 5) is 11.2. The fourth-order valence-corrected chi connectivity index (χ4v) is 1.77. The molecule has 0 amide bonds. The zero-order chi connectivity index (χ0) is 14.3. The highest BCUT2D eigenvalue weighted by Gasteiger charge is 2.16. The highest BCUT2D eigenvalue weighted by molar-refractivity contribution is 6.67. The van der Waals surface area contributed by atoms with Crippen LogP contribution in [-0.2, 0) is 0 Å². The molecule has 0 aliphatic carbocycles. The molecule has 1 aromatic rings.